The van der Waals surface area contributed by atoms with Gasteiger partial charge in [0.15, 0.2) is 0 Å². The molecule has 0 unspecified atom stereocenters. The second-order valence-electron chi connectivity index (χ2n) is 8.94. The lowest BCUT2D eigenvalue weighted by molar-refractivity contribution is 0.410. The number of hydrogen-bond donors (Lipinski definition) is 3. The Morgan fingerprint density at radius 2 is 1.83 bits per heavy atom. The number of nitrogens with two attached hydrogens (primary N) is 1. The van der Waals surface area contributed by atoms with Crippen LogP contribution in [0.15, 0.2) is 65.8 Å². The molecule has 8 heteroatoms. The van der Waals surface area contributed by atoms with E-state index in [1.807, 2.05) is 42.7 Å². The summed E-state index contributed by atoms with van der Waals surface area (Å²) in [6.45, 7) is 2.16. The number of aryl methyl sites for hydroxylation is 1. The fourth-order valence-electron chi connectivity index (χ4n) is 4.43. The maximum atomic E-state index is 6.24. The number of hydrogen-bond acceptors (Lipinski definition) is 7. The highest BCUT2D eigenvalue weighted by Gasteiger charge is 2.19. The van der Waals surface area contributed by atoms with Crippen LogP contribution in [0.25, 0.3) is 22.0 Å². The van der Waals surface area contributed by atoms with Gasteiger partial charge in [0, 0.05) is 40.3 Å². The molecule has 6 nitrogen and oxygen atoms in total. The number of rotatable bonds is 7. The first kappa shape index (κ1) is 23.9. The molecule has 4 aromatic rings. The van der Waals surface area contributed by atoms with Gasteiger partial charge < -0.3 is 15.8 Å². The Hall–Kier alpha value is -2.87. The number of nitrogens with one attached hydrogen (secondary N) is 2. The summed E-state index contributed by atoms with van der Waals surface area (Å²) in [5, 5.41) is 5.27. The Morgan fingerprint density at radius 1 is 1.00 bits per heavy atom. The van der Waals surface area contributed by atoms with Crippen molar-refractivity contribution in [1.29, 1.82) is 0 Å². The molecule has 1 saturated carbocycles. The van der Waals surface area contributed by atoms with E-state index in [0.29, 0.717) is 23.1 Å². The van der Waals surface area contributed by atoms with E-state index in [1.165, 1.54) is 17.5 Å². The molecule has 0 radical (unpaired) electrons. The second-order valence-corrected chi connectivity index (χ2v) is 10.2. The van der Waals surface area contributed by atoms with Gasteiger partial charge in [-0.15, -0.1) is 0 Å². The lowest BCUT2D eigenvalue weighted by Crippen LogP contribution is -2.33. The lowest BCUT2D eigenvalue weighted by atomic mass is 9.92. The molecule has 0 spiro atoms. The van der Waals surface area contributed by atoms with Crippen molar-refractivity contribution in [2.24, 2.45) is 5.73 Å². The predicted molar refractivity (Wildman–Crippen MR) is 147 cm³/mol. The van der Waals surface area contributed by atoms with Crippen LogP contribution in [-0.4, -0.2) is 27.0 Å². The van der Waals surface area contributed by atoms with Gasteiger partial charge in [-0.05, 0) is 91.6 Å². The highest BCUT2D eigenvalue weighted by Crippen LogP contribution is 2.30. The topological polar surface area (TPSA) is 88.8 Å². The summed E-state index contributed by atoms with van der Waals surface area (Å²) in [6, 6.07) is 16.9. The van der Waals surface area contributed by atoms with E-state index < -0.39 is 0 Å². The van der Waals surface area contributed by atoms with E-state index in [4.69, 9.17) is 22.3 Å². The van der Waals surface area contributed by atoms with Crippen LogP contribution in [0, 0.1) is 0 Å². The summed E-state index contributed by atoms with van der Waals surface area (Å²) in [5.41, 5.74) is 10.4. The molecule has 35 heavy (non-hydrogen) atoms. The van der Waals surface area contributed by atoms with Crippen molar-refractivity contribution in [3.05, 3.63) is 71.5 Å². The number of benzene rings is 2. The molecule has 2 aromatic carbocycles. The van der Waals surface area contributed by atoms with Crippen molar-refractivity contribution < 1.29 is 0 Å². The van der Waals surface area contributed by atoms with Crippen LogP contribution in [-0.2, 0) is 6.42 Å². The monoisotopic (exact) mass is 504 g/mol. The van der Waals surface area contributed by atoms with Crippen molar-refractivity contribution in [1.82, 2.24) is 15.0 Å². The Labute approximate surface area is 215 Å². The second kappa shape index (κ2) is 10.8. The number of pyridine rings is 1. The summed E-state index contributed by atoms with van der Waals surface area (Å²) in [4.78, 5) is 15.0. The molecular formula is C27H29ClN6S. The van der Waals surface area contributed by atoms with Gasteiger partial charge in [0.05, 0.1) is 10.5 Å². The third-order valence-corrected chi connectivity index (χ3v) is 7.78. The average Bonchev–Trinajstić information content (AvgIpc) is 2.89. The van der Waals surface area contributed by atoms with Crippen molar-refractivity contribution >= 4 is 46.2 Å². The molecule has 0 amide bonds. The van der Waals surface area contributed by atoms with Gasteiger partial charge in [0.2, 0.25) is 5.95 Å². The van der Waals surface area contributed by atoms with Gasteiger partial charge in [0.1, 0.15) is 5.82 Å². The van der Waals surface area contributed by atoms with Crippen LogP contribution >= 0.6 is 23.5 Å². The van der Waals surface area contributed by atoms with E-state index in [-0.39, 0.29) is 0 Å². The van der Waals surface area contributed by atoms with Gasteiger partial charge in [-0.2, -0.15) is 0 Å². The number of aromatic nitrogens is 3. The normalized spacial score (nSPS) is 17.9. The first-order valence-corrected chi connectivity index (χ1v) is 13.2. The van der Waals surface area contributed by atoms with E-state index in [1.54, 1.807) is 0 Å². The highest BCUT2D eigenvalue weighted by atomic mass is 35.5. The van der Waals surface area contributed by atoms with E-state index in [9.17, 15) is 0 Å². The van der Waals surface area contributed by atoms with Gasteiger partial charge in [-0.25, -0.2) is 15.0 Å². The maximum absolute atomic E-state index is 6.24. The summed E-state index contributed by atoms with van der Waals surface area (Å²) >= 11 is 7.69. The van der Waals surface area contributed by atoms with Gasteiger partial charge in [-0.1, -0.05) is 30.7 Å². The highest BCUT2D eigenvalue weighted by molar-refractivity contribution is 8.00. The van der Waals surface area contributed by atoms with Crippen LogP contribution in [0.2, 0.25) is 5.02 Å². The average molecular weight is 505 g/mol. The molecule has 5 rings (SSSR count). The number of fused-ring (bicyclic) bond motifs is 1. The van der Waals surface area contributed by atoms with E-state index in [2.05, 4.69) is 45.1 Å². The zero-order valence-electron chi connectivity index (χ0n) is 19.7. The third kappa shape index (κ3) is 5.69. The summed E-state index contributed by atoms with van der Waals surface area (Å²) in [6.07, 6.45) is 8.94. The minimum absolute atomic E-state index is 0.330. The van der Waals surface area contributed by atoms with Gasteiger partial charge >= 0.3 is 0 Å². The lowest BCUT2D eigenvalue weighted by Gasteiger charge is -2.26. The van der Waals surface area contributed by atoms with Crippen LogP contribution in [0.1, 0.15) is 38.2 Å². The van der Waals surface area contributed by atoms with Crippen LogP contribution in [0.3, 0.4) is 0 Å². The molecule has 2 heterocycles. The summed E-state index contributed by atoms with van der Waals surface area (Å²) < 4.78 is 3.26. The summed E-state index contributed by atoms with van der Waals surface area (Å²) in [5.74, 6) is 1.48. The first-order valence-electron chi connectivity index (χ1n) is 12.0. The molecule has 1 fully saturated rings. The van der Waals surface area contributed by atoms with Crippen LogP contribution in [0.4, 0.5) is 11.8 Å². The minimum atomic E-state index is 0.330. The van der Waals surface area contributed by atoms with Crippen molar-refractivity contribution in [2.45, 2.75) is 56.0 Å². The third-order valence-electron chi connectivity index (χ3n) is 6.45. The van der Waals surface area contributed by atoms with E-state index in [0.717, 1.165) is 64.8 Å². The van der Waals surface area contributed by atoms with Crippen molar-refractivity contribution in [3.8, 4) is 11.1 Å². The van der Waals surface area contributed by atoms with Gasteiger partial charge in [-0.3, -0.25) is 0 Å². The number of nitrogens with zero attached hydrogens (tertiary/aromatic N) is 3. The molecule has 0 bridgehead atoms. The smallest absolute Gasteiger partial charge is 0.223 e. The molecule has 1 aliphatic rings. The minimum Gasteiger partial charge on any atom is -0.351 e. The van der Waals surface area contributed by atoms with Gasteiger partial charge in [0.25, 0.3) is 0 Å². The maximum Gasteiger partial charge on any atom is 0.223 e. The summed E-state index contributed by atoms with van der Waals surface area (Å²) in [7, 11) is 0. The van der Waals surface area contributed by atoms with E-state index >= 15 is 0 Å². The molecule has 4 N–H and O–H groups in total. The zero-order valence-corrected chi connectivity index (χ0v) is 21.2. The molecule has 0 atom stereocenters. The molecular weight excluding hydrogens is 476 g/mol. The SMILES string of the molecule is CCc1cc(-c2ccc(NSc3ccccc3Cl)nc2)cc2cnc(N[C@H]3CC[C@H](N)CC3)nc12. The predicted octanol–water partition coefficient (Wildman–Crippen LogP) is 6.71. The molecule has 2 aromatic heterocycles. The van der Waals surface area contributed by atoms with Crippen molar-refractivity contribution in [2.75, 3.05) is 10.0 Å². The Morgan fingerprint density at radius 3 is 2.57 bits per heavy atom. The number of anilines is 2. The Kier molecular flexibility index (Phi) is 7.37. The van der Waals surface area contributed by atoms with Crippen molar-refractivity contribution in [3.63, 3.8) is 0 Å². The first-order chi connectivity index (χ1) is 17.1. The Bertz CT molecular complexity index is 1310. The quantitative estimate of drug-likeness (QED) is 0.241. The van der Waals surface area contributed by atoms with Crippen LogP contribution < -0.4 is 15.8 Å². The number of halogens is 1. The fourth-order valence-corrected chi connectivity index (χ4v) is 5.33. The molecule has 180 valence electrons. The largest absolute Gasteiger partial charge is 0.351 e. The molecule has 0 aliphatic heterocycles. The zero-order chi connectivity index (χ0) is 24.2. The molecule has 1 aliphatic carbocycles. The van der Waals surface area contributed by atoms with Crippen LogP contribution in [0.5, 0.6) is 0 Å². The fraction of sp³-hybridized carbons (Fsp3) is 0.296. The Balaban J connectivity index is 1.33. The standard InChI is InChI=1S/C27H29ClN6S/c1-2-17-13-19(18-7-12-25(30-15-18)34-35-24-6-4-3-5-23(24)28)14-20-16-31-27(33-26(17)20)32-22-10-8-21(29)9-11-22/h3-7,12-16,21-22H,2,8-11,29H2,1H3,(H,30,34)(H,31,32,33)/t21-,22-. The molecule has 0 saturated heterocycles.